The molecular weight excluding hydrogens is 334 g/mol. The van der Waals surface area contributed by atoms with E-state index in [2.05, 4.69) is 60.0 Å². The van der Waals surface area contributed by atoms with E-state index in [1.807, 2.05) is 18.3 Å². The lowest BCUT2D eigenvalue weighted by Crippen LogP contribution is -2.27. The molecule has 3 rings (SSSR count). The highest BCUT2D eigenvalue weighted by atomic mass is 16.3. The third-order valence-electron chi connectivity index (χ3n) is 5.42. The number of aromatic hydroxyl groups is 1. The largest absolute Gasteiger partial charge is 0.507 e. The van der Waals surface area contributed by atoms with Gasteiger partial charge in [-0.3, -0.25) is 9.89 Å². The molecule has 2 aromatic carbocycles. The van der Waals surface area contributed by atoms with Gasteiger partial charge in [-0.15, -0.1) is 0 Å². The van der Waals surface area contributed by atoms with E-state index < -0.39 is 0 Å². The molecule has 0 aliphatic carbocycles. The quantitative estimate of drug-likeness (QED) is 0.700. The maximum atomic E-state index is 10.4. The number of benzene rings is 2. The molecule has 0 aromatic heterocycles. The lowest BCUT2D eigenvalue weighted by Gasteiger charge is -2.26. The van der Waals surface area contributed by atoms with Crippen molar-refractivity contribution in [3.05, 3.63) is 59.7 Å². The fourth-order valence-corrected chi connectivity index (χ4v) is 3.84. The van der Waals surface area contributed by atoms with Crippen molar-refractivity contribution in [3.8, 4) is 5.75 Å². The standard InChI is InChI=1S/C23H31N3O/c1-3-25(4-2)21-13-12-20(23(27)16-21)17-24-18-22(26-14-8-9-15-26)19-10-6-5-7-11-19/h5-7,10-13,16-17,22,27H,3-4,8-9,14-15,18H2,1-2H3/t22-/m0/s1. The maximum absolute atomic E-state index is 10.4. The molecule has 1 atom stereocenters. The van der Waals surface area contributed by atoms with Gasteiger partial charge >= 0.3 is 0 Å². The maximum Gasteiger partial charge on any atom is 0.126 e. The molecule has 0 amide bonds. The number of hydrogen-bond acceptors (Lipinski definition) is 4. The zero-order chi connectivity index (χ0) is 19.1. The van der Waals surface area contributed by atoms with Gasteiger partial charge in [-0.2, -0.15) is 0 Å². The predicted molar refractivity (Wildman–Crippen MR) is 114 cm³/mol. The molecule has 4 nitrogen and oxygen atoms in total. The minimum Gasteiger partial charge on any atom is -0.507 e. The fraction of sp³-hybridized carbons (Fsp3) is 0.435. The number of phenols is 1. The second-order valence-corrected chi connectivity index (χ2v) is 7.08. The van der Waals surface area contributed by atoms with Gasteiger partial charge in [0.1, 0.15) is 5.75 Å². The number of rotatable bonds is 8. The van der Waals surface area contributed by atoms with Crippen molar-refractivity contribution in [2.75, 3.05) is 37.6 Å². The van der Waals surface area contributed by atoms with Gasteiger partial charge in [-0.1, -0.05) is 30.3 Å². The first-order valence-electron chi connectivity index (χ1n) is 10.1. The second-order valence-electron chi connectivity index (χ2n) is 7.08. The van der Waals surface area contributed by atoms with Crippen LogP contribution >= 0.6 is 0 Å². The van der Waals surface area contributed by atoms with E-state index in [4.69, 9.17) is 4.99 Å². The van der Waals surface area contributed by atoms with E-state index in [9.17, 15) is 5.11 Å². The van der Waals surface area contributed by atoms with Crippen LogP contribution in [-0.4, -0.2) is 48.9 Å². The van der Waals surface area contributed by atoms with Crippen LogP contribution in [0.25, 0.3) is 0 Å². The van der Waals surface area contributed by atoms with E-state index in [-0.39, 0.29) is 0 Å². The van der Waals surface area contributed by atoms with Gasteiger partial charge in [0.15, 0.2) is 0 Å². The topological polar surface area (TPSA) is 39.1 Å². The Morgan fingerprint density at radius 3 is 2.41 bits per heavy atom. The Labute approximate surface area is 163 Å². The van der Waals surface area contributed by atoms with E-state index in [1.165, 1.54) is 18.4 Å². The molecule has 0 bridgehead atoms. The molecule has 1 heterocycles. The first-order valence-corrected chi connectivity index (χ1v) is 10.1. The van der Waals surface area contributed by atoms with Crippen molar-refractivity contribution in [3.63, 3.8) is 0 Å². The van der Waals surface area contributed by atoms with Crippen LogP contribution in [0.1, 0.15) is 43.9 Å². The Kier molecular flexibility index (Phi) is 6.88. The van der Waals surface area contributed by atoms with Crippen molar-refractivity contribution in [1.29, 1.82) is 0 Å². The van der Waals surface area contributed by atoms with Crippen LogP contribution < -0.4 is 4.90 Å². The van der Waals surface area contributed by atoms with Crippen molar-refractivity contribution < 1.29 is 5.11 Å². The molecule has 1 N–H and O–H groups in total. The first kappa shape index (κ1) is 19.4. The summed E-state index contributed by atoms with van der Waals surface area (Å²) in [5, 5.41) is 10.4. The summed E-state index contributed by atoms with van der Waals surface area (Å²) >= 11 is 0. The molecule has 1 saturated heterocycles. The van der Waals surface area contributed by atoms with Crippen molar-refractivity contribution >= 4 is 11.9 Å². The molecule has 0 radical (unpaired) electrons. The minimum absolute atomic E-state index is 0.292. The molecule has 0 saturated carbocycles. The number of hydrogen-bond donors (Lipinski definition) is 1. The first-order chi connectivity index (χ1) is 13.2. The van der Waals surface area contributed by atoms with Crippen LogP contribution in [0.4, 0.5) is 5.69 Å². The highest BCUT2D eigenvalue weighted by Gasteiger charge is 2.22. The van der Waals surface area contributed by atoms with E-state index in [0.29, 0.717) is 18.3 Å². The summed E-state index contributed by atoms with van der Waals surface area (Å²) in [6.45, 7) is 9.09. The Morgan fingerprint density at radius 2 is 1.78 bits per heavy atom. The average molecular weight is 366 g/mol. The van der Waals surface area contributed by atoms with Gasteiger partial charge in [0.05, 0.1) is 12.6 Å². The summed E-state index contributed by atoms with van der Waals surface area (Å²) < 4.78 is 0. The molecule has 1 fully saturated rings. The molecule has 0 unspecified atom stereocenters. The van der Waals surface area contributed by atoms with Gasteiger partial charge in [0, 0.05) is 36.6 Å². The fourth-order valence-electron chi connectivity index (χ4n) is 3.84. The highest BCUT2D eigenvalue weighted by molar-refractivity contribution is 5.84. The summed E-state index contributed by atoms with van der Waals surface area (Å²) in [6, 6.07) is 16.8. The van der Waals surface area contributed by atoms with E-state index >= 15 is 0 Å². The van der Waals surface area contributed by atoms with Gasteiger partial charge < -0.3 is 10.0 Å². The van der Waals surface area contributed by atoms with Crippen LogP contribution in [-0.2, 0) is 0 Å². The predicted octanol–water partition coefficient (Wildman–Crippen LogP) is 4.49. The van der Waals surface area contributed by atoms with Gasteiger partial charge in [-0.25, -0.2) is 0 Å². The number of nitrogens with zero attached hydrogens (tertiary/aromatic N) is 3. The van der Waals surface area contributed by atoms with Crippen LogP contribution in [0.5, 0.6) is 5.75 Å². The Balaban J connectivity index is 1.72. The van der Waals surface area contributed by atoms with Crippen LogP contribution in [0, 0.1) is 0 Å². The van der Waals surface area contributed by atoms with Gasteiger partial charge in [0.25, 0.3) is 0 Å². The summed E-state index contributed by atoms with van der Waals surface area (Å²) in [7, 11) is 0. The van der Waals surface area contributed by atoms with Crippen LogP contribution in [0.2, 0.25) is 0 Å². The van der Waals surface area contributed by atoms with Gasteiger partial charge in [-0.05, 0) is 57.5 Å². The van der Waals surface area contributed by atoms with E-state index in [0.717, 1.165) is 37.4 Å². The third-order valence-corrected chi connectivity index (χ3v) is 5.42. The highest BCUT2D eigenvalue weighted by Crippen LogP contribution is 2.26. The van der Waals surface area contributed by atoms with Crippen molar-refractivity contribution in [2.24, 2.45) is 4.99 Å². The Hall–Kier alpha value is -2.33. The summed E-state index contributed by atoms with van der Waals surface area (Å²) in [5.74, 6) is 0.292. The number of phenolic OH excluding ortho intramolecular Hbond substituents is 1. The monoisotopic (exact) mass is 365 g/mol. The Bertz CT molecular complexity index is 735. The summed E-state index contributed by atoms with van der Waals surface area (Å²) in [5.41, 5.74) is 3.14. The van der Waals surface area contributed by atoms with E-state index in [1.54, 1.807) is 0 Å². The normalized spacial score (nSPS) is 16.1. The summed E-state index contributed by atoms with van der Waals surface area (Å²) in [6.07, 6.45) is 4.34. The number of aliphatic imine (C=N–C) groups is 1. The van der Waals surface area contributed by atoms with Crippen LogP contribution in [0.15, 0.2) is 53.5 Å². The summed E-state index contributed by atoms with van der Waals surface area (Å²) in [4.78, 5) is 9.44. The van der Waals surface area contributed by atoms with Crippen LogP contribution in [0.3, 0.4) is 0 Å². The molecule has 1 aliphatic rings. The zero-order valence-corrected chi connectivity index (χ0v) is 16.5. The molecule has 4 heteroatoms. The molecule has 0 spiro atoms. The third kappa shape index (κ3) is 4.89. The lowest BCUT2D eigenvalue weighted by molar-refractivity contribution is 0.252. The van der Waals surface area contributed by atoms with Gasteiger partial charge in [0.2, 0.25) is 0 Å². The molecular formula is C23H31N3O. The Morgan fingerprint density at radius 1 is 1.07 bits per heavy atom. The van der Waals surface area contributed by atoms with Crippen molar-refractivity contribution in [2.45, 2.75) is 32.7 Å². The SMILES string of the molecule is CCN(CC)c1ccc(C=NC[C@@H](c2ccccc2)N2CCCC2)c(O)c1. The van der Waals surface area contributed by atoms with Crippen molar-refractivity contribution in [1.82, 2.24) is 4.90 Å². The lowest BCUT2D eigenvalue weighted by atomic mass is 10.1. The molecule has 144 valence electrons. The minimum atomic E-state index is 0.292. The molecule has 1 aliphatic heterocycles. The number of likely N-dealkylation sites (tertiary alicyclic amines) is 1. The average Bonchev–Trinajstić information content (AvgIpc) is 3.23. The number of anilines is 1. The second kappa shape index (κ2) is 9.56. The molecule has 2 aromatic rings. The smallest absolute Gasteiger partial charge is 0.126 e. The zero-order valence-electron chi connectivity index (χ0n) is 16.5. The molecule has 27 heavy (non-hydrogen) atoms.